The number of piperidine rings is 2. The van der Waals surface area contributed by atoms with Gasteiger partial charge >= 0.3 is 0 Å². The number of nitrogens with zero attached hydrogens (tertiary/aromatic N) is 1. The van der Waals surface area contributed by atoms with E-state index in [9.17, 15) is 0 Å². The average molecular weight is 222 g/mol. The Kier molecular flexibility index (Phi) is 4.04. The minimum Gasteiger partial charge on any atom is -0.314 e. The first-order chi connectivity index (χ1) is 7.70. The second-order valence-corrected chi connectivity index (χ2v) is 5.59. The van der Waals surface area contributed by atoms with Crippen LogP contribution in [0.15, 0.2) is 12.2 Å². The van der Waals surface area contributed by atoms with Gasteiger partial charge in [-0.15, -0.1) is 0 Å². The van der Waals surface area contributed by atoms with Crippen molar-refractivity contribution in [3.63, 3.8) is 0 Å². The topological polar surface area (TPSA) is 15.3 Å². The molecule has 0 spiro atoms. The number of rotatable bonds is 4. The molecule has 2 rings (SSSR count). The zero-order chi connectivity index (χ0) is 11.5. The Hall–Kier alpha value is -0.340. The quantitative estimate of drug-likeness (QED) is 0.735. The van der Waals surface area contributed by atoms with E-state index in [1.54, 1.807) is 0 Å². The lowest BCUT2D eigenvalue weighted by molar-refractivity contribution is 0.0332. The maximum absolute atomic E-state index is 4.07. The van der Waals surface area contributed by atoms with Gasteiger partial charge in [-0.2, -0.15) is 0 Å². The van der Waals surface area contributed by atoms with Gasteiger partial charge in [0.1, 0.15) is 0 Å². The molecule has 2 heteroatoms. The van der Waals surface area contributed by atoms with E-state index in [0.29, 0.717) is 0 Å². The number of hydrogen-bond donors (Lipinski definition) is 1. The van der Waals surface area contributed by atoms with Gasteiger partial charge in [-0.1, -0.05) is 25.5 Å². The molecule has 2 atom stereocenters. The number of hydrogen-bond acceptors (Lipinski definition) is 2. The van der Waals surface area contributed by atoms with Crippen LogP contribution in [0.25, 0.3) is 0 Å². The molecule has 0 aromatic heterocycles. The molecule has 2 aliphatic rings. The SMILES string of the molecule is C=C(C)CN1C2CCCC1CC(NCC)C2. The smallest absolute Gasteiger partial charge is 0.0193 e. The van der Waals surface area contributed by atoms with E-state index in [2.05, 4.69) is 30.6 Å². The van der Waals surface area contributed by atoms with E-state index in [-0.39, 0.29) is 0 Å². The third kappa shape index (κ3) is 2.67. The second kappa shape index (κ2) is 5.33. The molecule has 2 unspecified atom stereocenters. The molecule has 2 fully saturated rings. The standard InChI is InChI=1S/C14H26N2/c1-4-15-12-8-13-6-5-7-14(9-12)16(13)10-11(2)3/h12-15H,2,4-10H2,1,3H3. The molecule has 92 valence electrons. The van der Waals surface area contributed by atoms with Crippen LogP contribution >= 0.6 is 0 Å². The van der Waals surface area contributed by atoms with Crippen LogP contribution < -0.4 is 5.32 Å². The number of nitrogens with one attached hydrogen (secondary N) is 1. The van der Waals surface area contributed by atoms with E-state index in [1.807, 2.05) is 0 Å². The minimum atomic E-state index is 0.765. The third-order valence-corrected chi connectivity index (χ3v) is 4.07. The molecule has 0 aromatic rings. The van der Waals surface area contributed by atoms with Gasteiger partial charge in [-0.05, 0) is 39.2 Å². The highest BCUT2D eigenvalue weighted by Crippen LogP contribution is 2.34. The molecular weight excluding hydrogens is 196 g/mol. The lowest BCUT2D eigenvalue weighted by Gasteiger charge is -2.49. The Morgan fingerprint density at radius 2 is 1.94 bits per heavy atom. The summed E-state index contributed by atoms with van der Waals surface area (Å²) >= 11 is 0. The van der Waals surface area contributed by atoms with Crippen LogP contribution in [0.3, 0.4) is 0 Å². The highest BCUT2D eigenvalue weighted by molar-refractivity contribution is 5.01. The van der Waals surface area contributed by atoms with Crippen LogP contribution in [0.4, 0.5) is 0 Å². The van der Waals surface area contributed by atoms with Gasteiger partial charge in [0, 0.05) is 24.7 Å². The minimum absolute atomic E-state index is 0.765. The highest BCUT2D eigenvalue weighted by atomic mass is 15.2. The van der Waals surface area contributed by atoms with E-state index in [1.165, 1.54) is 37.7 Å². The van der Waals surface area contributed by atoms with Crippen molar-refractivity contribution in [2.75, 3.05) is 13.1 Å². The summed E-state index contributed by atoms with van der Waals surface area (Å²) in [5.74, 6) is 0. The maximum Gasteiger partial charge on any atom is 0.0193 e. The Morgan fingerprint density at radius 3 is 2.44 bits per heavy atom. The van der Waals surface area contributed by atoms with Gasteiger partial charge in [-0.25, -0.2) is 0 Å². The molecule has 2 nitrogen and oxygen atoms in total. The largest absolute Gasteiger partial charge is 0.314 e. The normalized spacial score (nSPS) is 35.0. The van der Waals surface area contributed by atoms with Gasteiger partial charge in [0.2, 0.25) is 0 Å². The third-order valence-electron chi connectivity index (χ3n) is 4.07. The second-order valence-electron chi connectivity index (χ2n) is 5.59. The highest BCUT2D eigenvalue weighted by Gasteiger charge is 2.37. The van der Waals surface area contributed by atoms with Crippen LogP contribution in [0.1, 0.15) is 46.0 Å². The number of fused-ring (bicyclic) bond motifs is 2. The Bertz CT molecular complexity index is 235. The van der Waals surface area contributed by atoms with Crippen molar-refractivity contribution in [1.82, 2.24) is 10.2 Å². The summed E-state index contributed by atoms with van der Waals surface area (Å²) in [4.78, 5) is 2.72. The van der Waals surface area contributed by atoms with Crippen molar-refractivity contribution in [2.24, 2.45) is 0 Å². The van der Waals surface area contributed by atoms with Crippen molar-refractivity contribution in [2.45, 2.75) is 64.1 Å². The molecule has 0 saturated carbocycles. The van der Waals surface area contributed by atoms with Crippen LogP contribution in [-0.2, 0) is 0 Å². The molecule has 1 N–H and O–H groups in total. The summed E-state index contributed by atoms with van der Waals surface area (Å²) in [5, 5.41) is 3.64. The van der Waals surface area contributed by atoms with Crippen molar-refractivity contribution >= 4 is 0 Å². The first kappa shape index (κ1) is 12.1. The van der Waals surface area contributed by atoms with E-state index in [0.717, 1.165) is 31.2 Å². The molecule has 2 saturated heterocycles. The van der Waals surface area contributed by atoms with Gasteiger partial charge < -0.3 is 5.32 Å². The molecule has 16 heavy (non-hydrogen) atoms. The fourth-order valence-corrected chi connectivity index (χ4v) is 3.50. The zero-order valence-corrected chi connectivity index (χ0v) is 10.8. The maximum atomic E-state index is 4.07. The van der Waals surface area contributed by atoms with Crippen molar-refractivity contribution < 1.29 is 0 Å². The first-order valence-electron chi connectivity index (χ1n) is 6.84. The van der Waals surface area contributed by atoms with Gasteiger partial charge in [-0.3, -0.25) is 4.90 Å². The lowest BCUT2D eigenvalue weighted by Crippen LogP contribution is -2.56. The first-order valence-corrected chi connectivity index (χ1v) is 6.84. The monoisotopic (exact) mass is 222 g/mol. The molecular formula is C14H26N2. The Labute approximate surface area is 100 Å². The van der Waals surface area contributed by atoms with Gasteiger partial charge in [0.25, 0.3) is 0 Å². The fraction of sp³-hybridized carbons (Fsp3) is 0.857. The van der Waals surface area contributed by atoms with Crippen LogP contribution in [0, 0.1) is 0 Å². The Balaban J connectivity index is 1.99. The summed E-state index contributed by atoms with van der Waals surface area (Å²) < 4.78 is 0. The molecule has 2 aliphatic heterocycles. The summed E-state index contributed by atoms with van der Waals surface area (Å²) in [7, 11) is 0. The summed E-state index contributed by atoms with van der Waals surface area (Å²) in [5.41, 5.74) is 1.32. The molecule has 2 heterocycles. The van der Waals surface area contributed by atoms with Crippen molar-refractivity contribution in [3.05, 3.63) is 12.2 Å². The molecule has 0 aromatic carbocycles. The average Bonchev–Trinajstić information content (AvgIpc) is 2.18. The van der Waals surface area contributed by atoms with Gasteiger partial charge in [0.05, 0.1) is 0 Å². The molecule has 0 aliphatic carbocycles. The van der Waals surface area contributed by atoms with Crippen molar-refractivity contribution in [1.29, 1.82) is 0 Å². The molecule has 0 amide bonds. The molecule has 2 bridgehead atoms. The van der Waals surface area contributed by atoms with Crippen LogP contribution in [-0.4, -0.2) is 36.1 Å². The lowest BCUT2D eigenvalue weighted by atomic mass is 9.81. The summed E-state index contributed by atoms with van der Waals surface area (Å²) in [6.07, 6.45) is 6.91. The molecule has 0 radical (unpaired) electrons. The van der Waals surface area contributed by atoms with Gasteiger partial charge in [0.15, 0.2) is 0 Å². The zero-order valence-electron chi connectivity index (χ0n) is 10.8. The summed E-state index contributed by atoms with van der Waals surface area (Å²) in [6, 6.07) is 2.39. The van der Waals surface area contributed by atoms with E-state index >= 15 is 0 Å². The van der Waals surface area contributed by atoms with Crippen LogP contribution in [0.5, 0.6) is 0 Å². The predicted molar refractivity (Wildman–Crippen MR) is 69.6 cm³/mol. The predicted octanol–water partition coefficient (Wildman–Crippen LogP) is 2.56. The van der Waals surface area contributed by atoms with E-state index in [4.69, 9.17) is 0 Å². The van der Waals surface area contributed by atoms with E-state index < -0.39 is 0 Å². The Morgan fingerprint density at radius 1 is 1.31 bits per heavy atom. The van der Waals surface area contributed by atoms with Crippen LogP contribution in [0.2, 0.25) is 0 Å². The van der Waals surface area contributed by atoms with Crippen molar-refractivity contribution in [3.8, 4) is 0 Å². The summed E-state index contributed by atoms with van der Waals surface area (Å²) in [6.45, 7) is 10.7. The fourth-order valence-electron chi connectivity index (χ4n) is 3.50.